The van der Waals surface area contributed by atoms with Gasteiger partial charge in [0.15, 0.2) is 0 Å². The molecule has 1 saturated carbocycles. The summed E-state index contributed by atoms with van der Waals surface area (Å²) in [6, 6.07) is 0.799. The summed E-state index contributed by atoms with van der Waals surface area (Å²) in [5, 5.41) is 3.81. The van der Waals surface area contributed by atoms with Gasteiger partial charge in [-0.2, -0.15) is 0 Å². The Balaban J connectivity index is 1.90. The van der Waals surface area contributed by atoms with Crippen molar-refractivity contribution in [3.8, 4) is 0 Å². The van der Waals surface area contributed by atoms with Crippen LogP contribution in [0.15, 0.2) is 0 Å². The predicted octanol–water partition coefficient (Wildman–Crippen LogP) is 5.54. The van der Waals surface area contributed by atoms with E-state index in [0.29, 0.717) is 0 Å². The van der Waals surface area contributed by atoms with Crippen LogP contribution in [0.4, 0.5) is 0 Å². The fourth-order valence-corrected chi connectivity index (χ4v) is 3.42. The van der Waals surface area contributed by atoms with Gasteiger partial charge in [0.25, 0.3) is 0 Å². The lowest BCUT2D eigenvalue weighted by Crippen LogP contribution is -2.40. The van der Waals surface area contributed by atoms with Crippen molar-refractivity contribution in [3.63, 3.8) is 0 Å². The Labute approximate surface area is 121 Å². The zero-order valence-corrected chi connectivity index (χ0v) is 13.7. The maximum absolute atomic E-state index is 3.81. The highest BCUT2D eigenvalue weighted by Crippen LogP contribution is 2.29. The lowest BCUT2D eigenvalue weighted by molar-refractivity contribution is 0.206. The van der Waals surface area contributed by atoms with Crippen molar-refractivity contribution < 1.29 is 0 Å². The van der Waals surface area contributed by atoms with Crippen LogP contribution in [0.2, 0.25) is 0 Å². The third-order valence-electron chi connectivity index (χ3n) is 5.14. The maximum Gasteiger partial charge on any atom is 0.00952 e. The molecular formula is C18H37N. The largest absolute Gasteiger partial charge is 0.314 e. The van der Waals surface area contributed by atoms with Crippen LogP contribution in [-0.4, -0.2) is 12.6 Å². The Bertz CT molecular complexity index is 202. The van der Waals surface area contributed by atoms with Crippen molar-refractivity contribution in [1.29, 1.82) is 0 Å². The minimum absolute atomic E-state index is 0.799. The molecule has 3 atom stereocenters. The smallest absolute Gasteiger partial charge is 0.00952 e. The lowest BCUT2D eigenvalue weighted by Gasteiger charge is -2.34. The van der Waals surface area contributed by atoms with Crippen LogP contribution in [0.3, 0.4) is 0 Å². The van der Waals surface area contributed by atoms with E-state index in [1.165, 1.54) is 77.2 Å². The quantitative estimate of drug-likeness (QED) is 0.512. The molecule has 0 aromatic heterocycles. The van der Waals surface area contributed by atoms with E-state index in [-0.39, 0.29) is 0 Å². The fourth-order valence-electron chi connectivity index (χ4n) is 3.42. The Morgan fingerprint density at radius 1 is 0.842 bits per heavy atom. The van der Waals surface area contributed by atoms with E-state index in [1.54, 1.807) is 0 Å². The molecule has 0 spiro atoms. The zero-order valence-electron chi connectivity index (χ0n) is 13.7. The van der Waals surface area contributed by atoms with E-state index in [2.05, 4.69) is 26.1 Å². The molecule has 0 radical (unpaired) electrons. The number of nitrogens with one attached hydrogen (secondary N) is 1. The first-order valence-electron chi connectivity index (χ1n) is 8.99. The molecule has 0 aromatic rings. The highest BCUT2D eigenvalue weighted by molar-refractivity contribution is 4.81. The van der Waals surface area contributed by atoms with Crippen LogP contribution in [0, 0.1) is 11.8 Å². The van der Waals surface area contributed by atoms with Gasteiger partial charge in [-0.05, 0) is 31.2 Å². The highest BCUT2D eigenvalue weighted by Gasteiger charge is 2.25. The molecule has 3 unspecified atom stereocenters. The first kappa shape index (κ1) is 17.0. The summed E-state index contributed by atoms with van der Waals surface area (Å²) in [4.78, 5) is 0. The standard InChI is InChI=1S/C18H37N/c1-4-5-6-7-8-9-10-11-15-19-18-14-12-13-16(2)17(18)3/h16-19H,4-15H2,1-3H3. The average molecular weight is 268 g/mol. The first-order valence-corrected chi connectivity index (χ1v) is 8.99. The van der Waals surface area contributed by atoms with Gasteiger partial charge in [-0.1, -0.05) is 78.6 Å². The predicted molar refractivity (Wildman–Crippen MR) is 86.6 cm³/mol. The minimum atomic E-state index is 0.799. The number of unbranched alkanes of at least 4 members (excludes halogenated alkanes) is 7. The number of hydrogen-bond acceptors (Lipinski definition) is 1. The van der Waals surface area contributed by atoms with E-state index in [9.17, 15) is 0 Å². The number of hydrogen-bond donors (Lipinski definition) is 1. The summed E-state index contributed by atoms with van der Waals surface area (Å²) in [5.41, 5.74) is 0. The lowest BCUT2D eigenvalue weighted by atomic mass is 9.78. The molecule has 0 bridgehead atoms. The van der Waals surface area contributed by atoms with E-state index >= 15 is 0 Å². The van der Waals surface area contributed by atoms with Gasteiger partial charge < -0.3 is 5.32 Å². The molecule has 1 N–H and O–H groups in total. The van der Waals surface area contributed by atoms with Gasteiger partial charge in [0.05, 0.1) is 0 Å². The number of rotatable bonds is 10. The maximum atomic E-state index is 3.81. The molecule has 1 aliphatic carbocycles. The molecular weight excluding hydrogens is 230 g/mol. The van der Waals surface area contributed by atoms with Gasteiger partial charge in [0.1, 0.15) is 0 Å². The second-order valence-corrected chi connectivity index (χ2v) is 6.80. The van der Waals surface area contributed by atoms with Crippen molar-refractivity contribution >= 4 is 0 Å². The molecule has 1 nitrogen and oxygen atoms in total. The first-order chi connectivity index (χ1) is 9.25. The van der Waals surface area contributed by atoms with Gasteiger partial charge in [-0.3, -0.25) is 0 Å². The Morgan fingerprint density at radius 2 is 1.47 bits per heavy atom. The van der Waals surface area contributed by atoms with Crippen molar-refractivity contribution in [3.05, 3.63) is 0 Å². The molecule has 0 aromatic carbocycles. The van der Waals surface area contributed by atoms with Gasteiger partial charge in [-0.15, -0.1) is 0 Å². The summed E-state index contributed by atoms with van der Waals surface area (Å²) in [6.45, 7) is 8.40. The second-order valence-electron chi connectivity index (χ2n) is 6.80. The molecule has 1 aliphatic rings. The summed E-state index contributed by atoms with van der Waals surface area (Å²) in [5.74, 6) is 1.80. The van der Waals surface area contributed by atoms with E-state index < -0.39 is 0 Å². The molecule has 0 heterocycles. The topological polar surface area (TPSA) is 12.0 Å². The normalized spacial score (nSPS) is 27.6. The zero-order chi connectivity index (χ0) is 13.9. The van der Waals surface area contributed by atoms with Crippen LogP contribution >= 0.6 is 0 Å². The molecule has 114 valence electrons. The van der Waals surface area contributed by atoms with E-state index in [4.69, 9.17) is 0 Å². The average Bonchev–Trinajstić information content (AvgIpc) is 2.41. The summed E-state index contributed by atoms with van der Waals surface area (Å²) in [6.07, 6.45) is 15.7. The Morgan fingerprint density at radius 3 is 2.16 bits per heavy atom. The SMILES string of the molecule is CCCCCCCCCCNC1CCCC(C)C1C. The van der Waals surface area contributed by atoms with Gasteiger partial charge in [0.2, 0.25) is 0 Å². The van der Waals surface area contributed by atoms with Crippen LogP contribution in [0.5, 0.6) is 0 Å². The van der Waals surface area contributed by atoms with Gasteiger partial charge >= 0.3 is 0 Å². The minimum Gasteiger partial charge on any atom is -0.314 e. The Kier molecular flexibility index (Phi) is 9.59. The monoisotopic (exact) mass is 267 g/mol. The van der Waals surface area contributed by atoms with Crippen LogP contribution < -0.4 is 5.32 Å². The molecule has 0 amide bonds. The highest BCUT2D eigenvalue weighted by atomic mass is 14.9. The van der Waals surface area contributed by atoms with Crippen molar-refractivity contribution in [2.24, 2.45) is 11.8 Å². The van der Waals surface area contributed by atoms with Gasteiger partial charge in [-0.25, -0.2) is 0 Å². The summed E-state index contributed by atoms with van der Waals surface area (Å²) >= 11 is 0. The molecule has 0 saturated heterocycles. The fraction of sp³-hybridized carbons (Fsp3) is 1.00. The van der Waals surface area contributed by atoms with Crippen molar-refractivity contribution in [1.82, 2.24) is 5.32 Å². The van der Waals surface area contributed by atoms with Crippen molar-refractivity contribution in [2.75, 3.05) is 6.54 Å². The van der Waals surface area contributed by atoms with Gasteiger partial charge in [0, 0.05) is 6.04 Å². The summed E-state index contributed by atoms with van der Waals surface area (Å²) < 4.78 is 0. The van der Waals surface area contributed by atoms with E-state index in [0.717, 1.165) is 17.9 Å². The summed E-state index contributed by atoms with van der Waals surface area (Å²) in [7, 11) is 0. The molecule has 1 rings (SSSR count). The Hall–Kier alpha value is -0.0400. The van der Waals surface area contributed by atoms with Crippen molar-refractivity contribution in [2.45, 2.75) is 97.4 Å². The third-order valence-corrected chi connectivity index (χ3v) is 5.14. The second kappa shape index (κ2) is 10.7. The molecule has 0 aliphatic heterocycles. The molecule has 1 fully saturated rings. The van der Waals surface area contributed by atoms with Crippen LogP contribution in [0.1, 0.15) is 91.4 Å². The molecule has 1 heteroatoms. The van der Waals surface area contributed by atoms with E-state index in [1.807, 2.05) is 0 Å². The van der Waals surface area contributed by atoms with Crippen LogP contribution in [0.25, 0.3) is 0 Å². The molecule has 19 heavy (non-hydrogen) atoms. The third kappa shape index (κ3) is 7.34. The van der Waals surface area contributed by atoms with Crippen LogP contribution in [-0.2, 0) is 0 Å².